The summed E-state index contributed by atoms with van der Waals surface area (Å²) >= 11 is 1.75. The summed E-state index contributed by atoms with van der Waals surface area (Å²) in [5, 5.41) is 5.93. The van der Waals surface area contributed by atoms with E-state index in [4.69, 9.17) is 0 Å². The summed E-state index contributed by atoms with van der Waals surface area (Å²) in [6.07, 6.45) is 1.73. The highest BCUT2D eigenvalue weighted by atomic mass is 32.1. The number of aryl methyl sites for hydroxylation is 2. The van der Waals surface area contributed by atoms with Gasteiger partial charge in [-0.2, -0.15) is 0 Å². The van der Waals surface area contributed by atoms with E-state index in [0.29, 0.717) is 13.1 Å². The van der Waals surface area contributed by atoms with Gasteiger partial charge in [-0.1, -0.05) is 0 Å². The number of nitrogens with one attached hydrogen (secondary N) is 2. The first-order valence-electron chi connectivity index (χ1n) is 8.32. The third kappa shape index (κ3) is 4.47. The Kier molecular flexibility index (Phi) is 6.04. The Morgan fingerprint density at radius 2 is 2.17 bits per heavy atom. The van der Waals surface area contributed by atoms with Crippen LogP contribution in [0, 0.1) is 19.8 Å². The Morgan fingerprint density at radius 3 is 2.78 bits per heavy atom. The largest absolute Gasteiger partial charge is 0.356 e. The van der Waals surface area contributed by atoms with E-state index in [2.05, 4.69) is 30.5 Å². The monoisotopic (exact) mass is 337 g/mol. The van der Waals surface area contributed by atoms with Crippen LogP contribution in [-0.2, 0) is 4.79 Å². The summed E-state index contributed by atoms with van der Waals surface area (Å²) in [4.78, 5) is 28.8. The quantitative estimate of drug-likeness (QED) is 0.887. The number of thiophene rings is 1. The van der Waals surface area contributed by atoms with Gasteiger partial charge in [-0.3, -0.25) is 4.79 Å². The van der Waals surface area contributed by atoms with E-state index in [-0.39, 0.29) is 23.9 Å². The number of carbonyl (C=O) groups excluding carboxylic acids is 2. The lowest BCUT2D eigenvalue weighted by Crippen LogP contribution is -2.49. The third-order valence-corrected chi connectivity index (χ3v) is 5.30. The van der Waals surface area contributed by atoms with Crippen LogP contribution in [-0.4, -0.2) is 36.5 Å². The molecular weight excluding hydrogens is 310 g/mol. The van der Waals surface area contributed by atoms with Crippen LogP contribution in [0.2, 0.25) is 0 Å². The van der Waals surface area contributed by atoms with Gasteiger partial charge in [-0.15, -0.1) is 11.3 Å². The Hall–Kier alpha value is -1.56. The van der Waals surface area contributed by atoms with E-state index in [1.165, 1.54) is 15.3 Å². The molecule has 2 heterocycles. The highest BCUT2D eigenvalue weighted by Crippen LogP contribution is 2.26. The number of amides is 3. The van der Waals surface area contributed by atoms with E-state index in [1.807, 2.05) is 13.8 Å². The maximum Gasteiger partial charge on any atom is 0.317 e. The van der Waals surface area contributed by atoms with Crippen LogP contribution in [0.25, 0.3) is 0 Å². The van der Waals surface area contributed by atoms with Crippen LogP contribution >= 0.6 is 11.3 Å². The molecule has 1 fully saturated rings. The van der Waals surface area contributed by atoms with Gasteiger partial charge >= 0.3 is 6.03 Å². The van der Waals surface area contributed by atoms with Crippen LogP contribution in [0.4, 0.5) is 4.79 Å². The Bertz CT molecular complexity index is 570. The van der Waals surface area contributed by atoms with Crippen molar-refractivity contribution in [3.63, 3.8) is 0 Å². The van der Waals surface area contributed by atoms with Crippen molar-refractivity contribution in [3.8, 4) is 0 Å². The fraction of sp³-hybridized carbons (Fsp3) is 0.647. The van der Waals surface area contributed by atoms with Crippen molar-refractivity contribution < 1.29 is 9.59 Å². The average Bonchev–Trinajstić information content (AvgIpc) is 2.86. The zero-order chi connectivity index (χ0) is 17.0. The smallest absolute Gasteiger partial charge is 0.317 e. The van der Waals surface area contributed by atoms with E-state index in [1.54, 1.807) is 16.2 Å². The van der Waals surface area contributed by atoms with Crippen molar-refractivity contribution in [1.29, 1.82) is 0 Å². The molecule has 1 aromatic rings. The molecule has 1 aliphatic rings. The van der Waals surface area contributed by atoms with Crippen LogP contribution < -0.4 is 10.6 Å². The average molecular weight is 337 g/mol. The number of likely N-dealkylation sites (tertiary alicyclic amines) is 1. The fourth-order valence-electron chi connectivity index (χ4n) is 3.13. The molecule has 0 aliphatic carbocycles. The Balaban J connectivity index is 1.94. The number of rotatable bonds is 4. The zero-order valence-electron chi connectivity index (χ0n) is 14.4. The van der Waals surface area contributed by atoms with Gasteiger partial charge in [-0.25, -0.2) is 4.79 Å². The van der Waals surface area contributed by atoms with E-state index < -0.39 is 0 Å². The summed E-state index contributed by atoms with van der Waals surface area (Å²) in [6.45, 7) is 9.95. The minimum absolute atomic E-state index is 0.0164. The highest BCUT2D eigenvalue weighted by molar-refractivity contribution is 7.12. The molecule has 1 saturated heterocycles. The van der Waals surface area contributed by atoms with Gasteiger partial charge < -0.3 is 15.5 Å². The third-order valence-electron chi connectivity index (χ3n) is 4.32. The summed E-state index contributed by atoms with van der Waals surface area (Å²) in [6, 6.07) is 2.05. The Morgan fingerprint density at radius 1 is 1.43 bits per heavy atom. The minimum Gasteiger partial charge on any atom is -0.356 e. The molecule has 1 aliphatic heterocycles. The fourth-order valence-corrected chi connectivity index (χ4v) is 4.15. The van der Waals surface area contributed by atoms with Crippen molar-refractivity contribution in [3.05, 3.63) is 21.4 Å². The lowest BCUT2D eigenvalue weighted by molar-refractivity contribution is -0.126. The number of hydrogen-bond donors (Lipinski definition) is 2. The molecule has 5 nitrogen and oxygen atoms in total. The lowest BCUT2D eigenvalue weighted by atomic mass is 9.97. The number of hydrogen-bond acceptors (Lipinski definition) is 3. The predicted octanol–water partition coefficient (Wildman–Crippen LogP) is 2.98. The van der Waals surface area contributed by atoms with Gasteiger partial charge in [0.25, 0.3) is 0 Å². The van der Waals surface area contributed by atoms with E-state index in [9.17, 15) is 9.59 Å². The van der Waals surface area contributed by atoms with E-state index >= 15 is 0 Å². The molecule has 0 aromatic carbocycles. The minimum atomic E-state index is -0.0881. The first-order valence-corrected chi connectivity index (χ1v) is 9.14. The molecular formula is C17H27N3O2S. The second-order valence-electron chi connectivity index (χ2n) is 6.22. The van der Waals surface area contributed by atoms with Crippen molar-refractivity contribution in [2.75, 3.05) is 19.6 Å². The molecule has 0 bridgehead atoms. The van der Waals surface area contributed by atoms with Gasteiger partial charge in [0.2, 0.25) is 5.91 Å². The van der Waals surface area contributed by atoms with Crippen molar-refractivity contribution in [2.24, 2.45) is 5.92 Å². The first-order chi connectivity index (χ1) is 10.9. The number of nitrogens with zero attached hydrogens (tertiary/aromatic N) is 1. The number of piperidine rings is 1. The topological polar surface area (TPSA) is 61.4 Å². The van der Waals surface area contributed by atoms with Crippen molar-refractivity contribution in [1.82, 2.24) is 15.5 Å². The summed E-state index contributed by atoms with van der Waals surface area (Å²) in [7, 11) is 0. The van der Waals surface area contributed by atoms with Crippen molar-refractivity contribution in [2.45, 2.75) is 46.6 Å². The Labute approximate surface area is 142 Å². The lowest BCUT2D eigenvalue weighted by Gasteiger charge is -2.33. The molecule has 0 unspecified atom stereocenters. The second kappa shape index (κ2) is 7.81. The molecule has 2 atom stereocenters. The molecule has 3 amide bonds. The SMILES string of the molecule is CCNC(=O)[C@@H]1CCCN(C(=O)N[C@@H](C)c2cc(C)sc2C)C1. The normalized spacial score (nSPS) is 19.3. The molecule has 0 radical (unpaired) electrons. The number of carbonyl (C=O) groups is 2. The summed E-state index contributed by atoms with van der Waals surface area (Å²) in [5.41, 5.74) is 1.18. The first kappa shape index (κ1) is 17.8. The van der Waals surface area contributed by atoms with E-state index in [0.717, 1.165) is 19.4 Å². The standard InChI is InChI=1S/C17H27N3O2S/c1-5-18-16(21)14-7-6-8-20(10-14)17(22)19-12(3)15-9-11(2)23-13(15)4/h9,12,14H,5-8,10H2,1-4H3,(H,18,21)(H,19,22)/t12-,14+/m0/s1. The summed E-state index contributed by atoms with van der Waals surface area (Å²) in [5.74, 6) is -0.0303. The maximum atomic E-state index is 12.5. The molecule has 2 rings (SSSR count). The van der Waals surface area contributed by atoms with Crippen LogP contribution in [0.5, 0.6) is 0 Å². The second-order valence-corrected chi connectivity index (χ2v) is 7.68. The van der Waals surface area contributed by atoms with Gasteiger partial charge in [0.05, 0.1) is 12.0 Å². The molecule has 23 heavy (non-hydrogen) atoms. The van der Waals surface area contributed by atoms with Gasteiger partial charge in [-0.05, 0) is 52.2 Å². The molecule has 2 N–H and O–H groups in total. The molecule has 0 spiro atoms. The number of urea groups is 1. The highest BCUT2D eigenvalue weighted by Gasteiger charge is 2.28. The molecule has 0 saturated carbocycles. The van der Waals surface area contributed by atoms with Gasteiger partial charge in [0.15, 0.2) is 0 Å². The van der Waals surface area contributed by atoms with Crippen LogP contribution in [0.3, 0.4) is 0 Å². The molecule has 1 aromatic heterocycles. The van der Waals surface area contributed by atoms with Crippen molar-refractivity contribution >= 4 is 23.3 Å². The van der Waals surface area contributed by atoms with Gasteiger partial charge in [0.1, 0.15) is 0 Å². The predicted molar refractivity (Wildman–Crippen MR) is 93.7 cm³/mol. The maximum absolute atomic E-state index is 12.5. The van der Waals surface area contributed by atoms with Gasteiger partial charge in [0, 0.05) is 29.4 Å². The molecule has 6 heteroatoms. The van der Waals surface area contributed by atoms with Crippen LogP contribution in [0.1, 0.15) is 48.0 Å². The summed E-state index contributed by atoms with van der Waals surface area (Å²) < 4.78 is 0. The molecule has 128 valence electrons. The van der Waals surface area contributed by atoms with Crippen LogP contribution in [0.15, 0.2) is 6.07 Å². The zero-order valence-corrected chi connectivity index (χ0v) is 15.3.